The molecule has 0 spiro atoms. The number of carbonyl (C=O) groups excluding carboxylic acids is 2. The van der Waals surface area contributed by atoms with Crippen LogP contribution in [0.4, 0.5) is 5.69 Å². The lowest BCUT2D eigenvalue weighted by Crippen LogP contribution is -2.45. The average Bonchev–Trinajstić information content (AvgIpc) is 2.76. The maximum atomic E-state index is 12.6. The number of benzene rings is 1. The van der Waals surface area contributed by atoms with E-state index in [0.29, 0.717) is 30.2 Å². The second kappa shape index (κ2) is 6.49. The van der Waals surface area contributed by atoms with Gasteiger partial charge >= 0.3 is 11.8 Å². The zero-order chi connectivity index (χ0) is 17.4. The topological polar surface area (TPSA) is 60.9 Å². The van der Waals surface area contributed by atoms with Gasteiger partial charge in [0.2, 0.25) is 0 Å². The minimum Gasteiger partial charge on any atom is -0.393 e. The van der Waals surface area contributed by atoms with Gasteiger partial charge in [-0.2, -0.15) is 0 Å². The van der Waals surface area contributed by atoms with Crippen molar-refractivity contribution in [1.29, 1.82) is 0 Å². The van der Waals surface area contributed by atoms with Gasteiger partial charge in [0, 0.05) is 41.8 Å². The third-order valence-corrected chi connectivity index (χ3v) is 4.48. The highest BCUT2D eigenvalue weighted by atomic mass is 35.5. The molecule has 0 radical (unpaired) electrons. The van der Waals surface area contributed by atoms with E-state index in [4.69, 9.17) is 11.6 Å². The third kappa shape index (κ3) is 3.51. The lowest BCUT2D eigenvalue weighted by molar-refractivity contribution is -0.143. The summed E-state index contributed by atoms with van der Waals surface area (Å²) < 4.78 is 0. The molecule has 2 amide bonds. The Hall–Kier alpha value is -1.59. The van der Waals surface area contributed by atoms with Crippen LogP contribution in [0.3, 0.4) is 0 Å². The fourth-order valence-electron chi connectivity index (χ4n) is 2.91. The summed E-state index contributed by atoms with van der Waals surface area (Å²) >= 11 is 6.29. The molecule has 0 saturated heterocycles. The number of anilines is 1. The van der Waals surface area contributed by atoms with E-state index in [1.165, 1.54) is 9.80 Å². The van der Waals surface area contributed by atoms with Crippen LogP contribution >= 0.6 is 11.6 Å². The minimum absolute atomic E-state index is 0.304. The van der Waals surface area contributed by atoms with Gasteiger partial charge in [0.1, 0.15) is 0 Å². The molecule has 0 bridgehead atoms. The molecule has 1 aliphatic rings. The van der Waals surface area contributed by atoms with Gasteiger partial charge in [-0.05, 0) is 25.5 Å². The lowest BCUT2D eigenvalue weighted by atomic mass is 9.87. The Labute approximate surface area is 141 Å². The first-order valence-electron chi connectivity index (χ1n) is 7.69. The van der Waals surface area contributed by atoms with Crippen LogP contribution in [0, 0.1) is 0 Å². The summed E-state index contributed by atoms with van der Waals surface area (Å²) in [5, 5.41) is 9.92. The van der Waals surface area contributed by atoms with Crippen molar-refractivity contribution in [3.8, 4) is 0 Å². The SMILES string of the molecule is CC(O)CCN(C)C(=O)C(=O)N1CC(C)(C)c2c(Cl)cccc21. The Morgan fingerprint density at radius 3 is 2.70 bits per heavy atom. The predicted octanol–water partition coefficient (Wildman–Crippen LogP) is 2.19. The summed E-state index contributed by atoms with van der Waals surface area (Å²) in [6, 6.07) is 5.40. The van der Waals surface area contributed by atoms with Crippen molar-refractivity contribution in [3.63, 3.8) is 0 Å². The fourth-order valence-corrected chi connectivity index (χ4v) is 3.33. The van der Waals surface area contributed by atoms with Crippen LogP contribution in [-0.4, -0.2) is 48.1 Å². The Morgan fingerprint density at radius 2 is 2.09 bits per heavy atom. The summed E-state index contributed by atoms with van der Waals surface area (Å²) in [7, 11) is 1.57. The molecule has 126 valence electrons. The second-order valence-corrected chi connectivity index (χ2v) is 7.18. The van der Waals surface area contributed by atoms with E-state index in [1.807, 2.05) is 19.9 Å². The number of likely N-dealkylation sites (N-methyl/N-ethyl adjacent to an activating group) is 1. The summed E-state index contributed by atoms with van der Waals surface area (Å²) in [4.78, 5) is 27.8. The van der Waals surface area contributed by atoms with Crippen LogP contribution in [0.5, 0.6) is 0 Å². The lowest BCUT2D eigenvalue weighted by Gasteiger charge is -2.23. The van der Waals surface area contributed by atoms with Crippen molar-refractivity contribution >= 4 is 29.1 Å². The van der Waals surface area contributed by atoms with Crippen molar-refractivity contribution in [2.24, 2.45) is 0 Å². The Bertz CT molecular complexity index is 628. The number of amides is 2. The van der Waals surface area contributed by atoms with Gasteiger partial charge in [-0.15, -0.1) is 0 Å². The van der Waals surface area contributed by atoms with E-state index in [1.54, 1.807) is 26.1 Å². The van der Waals surface area contributed by atoms with Gasteiger partial charge < -0.3 is 14.9 Å². The molecule has 1 aromatic carbocycles. The van der Waals surface area contributed by atoms with Gasteiger partial charge in [0.05, 0.1) is 6.10 Å². The number of rotatable bonds is 3. The molecular formula is C17H23ClN2O3. The quantitative estimate of drug-likeness (QED) is 0.859. The first-order valence-corrected chi connectivity index (χ1v) is 8.07. The standard InChI is InChI=1S/C17H23ClN2O3/c1-11(21)8-9-19(4)15(22)16(23)20-10-17(2,3)14-12(18)6-5-7-13(14)20/h5-7,11,21H,8-10H2,1-4H3. The molecule has 1 unspecified atom stereocenters. The third-order valence-electron chi connectivity index (χ3n) is 4.17. The first-order chi connectivity index (χ1) is 10.6. The Balaban J connectivity index is 2.22. The van der Waals surface area contributed by atoms with Gasteiger partial charge in [-0.3, -0.25) is 9.59 Å². The molecule has 1 heterocycles. The molecule has 0 saturated carbocycles. The number of aliphatic hydroxyl groups excluding tert-OH is 1. The van der Waals surface area contributed by atoms with E-state index in [9.17, 15) is 14.7 Å². The molecule has 23 heavy (non-hydrogen) atoms. The monoisotopic (exact) mass is 338 g/mol. The molecular weight excluding hydrogens is 316 g/mol. The molecule has 0 fully saturated rings. The first kappa shape index (κ1) is 17.8. The maximum Gasteiger partial charge on any atom is 0.316 e. The second-order valence-electron chi connectivity index (χ2n) is 6.77. The summed E-state index contributed by atoms with van der Waals surface area (Å²) in [6.45, 7) is 6.42. The van der Waals surface area contributed by atoms with Gasteiger partial charge in [0.15, 0.2) is 0 Å². The van der Waals surface area contributed by atoms with E-state index in [0.717, 1.165) is 5.56 Å². The van der Waals surface area contributed by atoms with Crippen LogP contribution in [0.25, 0.3) is 0 Å². The Kier molecular flexibility index (Phi) is 5.01. The van der Waals surface area contributed by atoms with E-state index >= 15 is 0 Å². The molecule has 1 aliphatic heterocycles. The van der Waals surface area contributed by atoms with Gasteiger partial charge in [0.25, 0.3) is 0 Å². The molecule has 1 atom stereocenters. The molecule has 6 heteroatoms. The van der Waals surface area contributed by atoms with E-state index in [-0.39, 0.29) is 5.41 Å². The average molecular weight is 339 g/mol. The van der Waals surface area contributed by atoms with Crippen molar-refractivity contribution in [3.05, 3.63) is 28.8 Å². The number of nitrogens with zero attached hydrogens (tertiary/aromatic N) is 2. The number of aliphatic hydroxyl groups is 1. The zero-order valence-corrected chi connectivity index (χ0v) is 14.7. The van der Waals surface area contributed by atoms with Crippen LogP contribution in [0.15, 0.2) is 18.2 Å². The highest BCUT2D eigenvalue weighted by molar-refractivity contribution is 6.41. The van der Waals surface area contributed by atoms with Crippen LogP contribution in [0.2, 0.25) is 5.02 Å². The number of hydrogen-bond donors (Lipinski definition) is 1. The van der Waals surface area contributed by atoms with Gasteiger partial charge in [-0.25, -0.2) is 0 Å². The van der Waals surface area contributed by atoms with Crippen molar-refractivity contribution in [1.82, 2.24) is 4.90 Å². The highest BCUT2D eigenvalue weighted by Crippen LogP contribution is 2.44. The molecule has 0 aromatic heterocycles. The molecule has 0 aliphatic carbocycles. The zero-order valence-electron chi connectivity index (χ0n) is 14.0. The highest BCUT2D eigenvalue weighted by Gasteiger charge is 2.41. The molecule has 2 rings (SSSR count). The fraction of sp³-hybridized carbons (Fsp3) is 0.529. The van der Waals surface area contributed by atoms with Crippen molar-refractivity contribution in [2.75, 3.05) is 25.0 Å². The van der Waals surface area contributed by atoms with Crippen LogP contribution in [0.1, 0.15) is 32.8 Å². The van der Waals surface area contributed by atoms with Crippen molar-refractivity contribution in [2.45, 2.75) is 38.7 Å². The summed E-state index contributed by atoms with van der Waals surface area (Å²) in [6.07, 6.45) is -0.0747. The minimum atomic E-state index is -0.575. The normalized spacial score (nSPS) is 16.9. The molecule has 1 N–H and O–H groups in total. The Morgan fingerprint density at radius 1 is 1.43 bits per heavy atom. The largest absolute Gasteiger partial charge is 0.393 e. The maximum absolute atomic E-state index is 12.6. The molecule has 1 aromatic rings. The van der Waals surface area contributed by atoms with Crippen LogP contribution < -0.4 is 4.90 Å². The molecule has 5 nitrogen and oxygen atoms in total. The number of carbonyl (C=O) groups is 2. The summed E-state index contributed by atoms with van der Waals surface area (Å²) in [5.74, 6) is -1.14. The van der Waals surface area contributed by atoms with Gasteiger partial charge in [-0.1, -0.05) is 31.5 Å². The van der Waals surface area contributed by atoms with E-state index < -0.39 is 17.9 Å². The number of hydrogen-bond acceptors (Lipinski definition) is 3. The van der Waals surface area contributed by atoms with Crippen LogP contribution in [-0.2, 0) is 15.0 Å². The number of halogens is 1. The van der Waals surface area contributed by atoms with Crippen molar-refractivity contribution < 1.29 is 14.7 Å². The smallest absolute Gasteiger partial charge is 0.316 e. The van der Waals surface area contributed by atoms with E-state index in [2.05, 4.69) is 0 Å². The summed E-state index contributed by atoms with van der Waals surface area (Å²) in [5.41, 5.74) is 1.29. The predicted molar refractivity (Wildman–Crippen MR) is 90.8 cm³/mol. The number of fused-ring (bicyclic) bond motifs is 1.